The molecule has 32 heavy (non-hydrogen) atoms. The molecule has 2 aromatic heterocycles. The molecule has 1 aromatic carbocycles. The number of carbonyl (C=O) groups excluding carboxylic acids is 1. The van der Waals surface area contributed by atoms with E-state index in [2.05, 4.69) is 15.6 Å². The number of carbonyl (C=O) groups is 1. The quantitative estimate of drug-likeness (QED) is 0.547. The number of nitrogens with zero attached hydrogens (tertiary/aromatic N) is 2. The summed E-state index contributed by atoms with van der Waals surface area (Å²) in [7, 11) is 0. The Labute approximate surface area is 188 Å². The third kappa shape index (κ3) is 3.91. The molecule has 2 aliphatic rings. The molecule has 2 bridgehead atoms. The fourth-order valence-corrected chi connectivity index (χ4v) is 5.76. The Morgan fingerprint density at radius 2 is 1.94 bits per heavy atom. The predicted octanol–water partition coefficient (Wildman–Crippen LogP) is 3.38. The number of halogens is 2. The maximum Gasteiger partial charge on any atom is 0.263 e. The maximum absolute atomic E-state index is 14.8. The van der Waals surface area contributed by atoms with Gasteiger partial charge in [0, 0.05) is 42.8 Å². The SMILES string of the molecule is Cc1ccc2c(N)c(C(=O)NCCc3cc(F)c(N4CC5CCC(C4)N5)c(F)c3)sc2n1. The summed E-state index contributed by atoms with van der Waals surface area (Å²) in [5.74, 6) is -1.41. The number of fused-ring (bicyclic) bond motifs is 3. The number of nitrogens with two attached hydrogens (primary N) is 1. The highest BCUT2D eigenvalue weighted by Crippen LogP contribution is 2.33. The van der Waals surface area contributed by atoms with Gasteiger partial charge in [-0.3, -0.25) is 4.79 Å². The van der Waals surface area contributed by atoms with E-state index in [1.165, 1.54) is 23.5 Å². The van der Waals surface area contributed by atoms with Crippen LogP contribution in [0.15, 0.2) is 24.3 Å². The van der Waals surface area contributed by atoms with E-state index in [1.807, 2.05) is 24.0 Å². The number of piperazine rings is 1. The van der Waals surface area contributed by atoms with Crippen LogP contribution >= 0.6 is 11.3 Å². The fraction of sp³-hybridized carbons (Fsp3) is 0.391. The van der Waals surface area contributed by atoms with E-state index < -0.39 is 11.6 Å². The van der Waals surface area contributed by atoms with Crippen LogP contribution in [0.2, 0.25) is 0 Å². The third-order valence-corrected chi connectivity index (χ3v) is 7.36. The summed E-state index contributed by atoms with van der Waals surface area (Å²) in [5.41, 5.74) is 7.94. The number of benzene rings is 1. The highest BCUT2D eigenvalue weighted by atomic mass is 32.1. The molecule has 0 saturated carbocycles. The minimum Gasteiger partial charge on any atom is -0.397 e. The van der Waals surface area contributed by atoms with Gasteiger partial charge < -0.3 is 21.3 Å². The number of rotatable bonds is 5. The van der Waals surface area contributed by atoms with Crippen LogP contribution in [0.4, 0.5) is 20.2 Å². The molecular weight excluding hydrogens is 432 g/mol. The third-order valence-electron chi connectivity index (χ3n) is 6.25. The van der Waals surface area contributed by atoms with Crippen LogP contribution in [-0.2, 0) is 6.42 Å². The zero-order valence-corrected chi connectivity index (χ0v) is 18.6. The van der Waals surface area contributed by atoms with E-state index in [-0.39, 0.29) is 18.1 Å². The van der Waals surface area contributed by atoms with Gasteiger partial charge in [0.15, 0.2) is 0 Å². The molecular formula is C23H25F2N5OS. The Hall–Kier alpha value is -2.78. The number of nitrogens with one attached hydrogen (secondary N) is 2. The number of aromatic nitrogens is 1. The molecule has 0 radical (unpaired) electrons. The first-order valence-electron chi connectivity index (χ1n) is 10.8. The standard InChI is InChI=1S/C23H25F2N5OS/c1-12-2-5-16-19(26)21(32-23(16)28-12)22(31)27-7-6-13-8-17(24)20(18(25)9-13)30-10-14-3-4-15(11-30)29-14/h2,5,8-9,14-15,29H,3-4,6-7,10-11,26H2,1H3,(H,27,31). The summed E-state index contributed by atoms with van der Waals surface area (Å²) in [5, 5.41) is 7.03. The second kappa shape index (κ2) is 8.29. The van der Waals surface area contributed by atoms with Crippen molar-refractivity contribution in [1.82, 2.24) is 15.6 Å². The van der Waals surface area contributed by atoms with Crippen LogP contribution in [-0.4, -0.2) is 42.6 Å². The van der Waals surface area contributed by atoms with Crippen molar-refractivity contribution < 1.29 is 13.6 Å². The monoisotopic (exact) mass is 457 g/mol. The zero-order chi connectivity index (χ0) is 22.4. The van der Waals surface area contributed by atoms with Crippen LogP contribution in [0.3, 0.4) is 0 Å². The number of hydrogen-bond donors (Lipinski definition) is 3. The van der Waals surface area contributed by atoms with Crippen molar-refractivity contribution in [2.75, 3.05) is 30.3 Å². The summed E-state index contributed by atoms with van der Waals surface area (Å²) in [6.45, 7) is 3.36. The van der Waals surface area contributed by atoms with Crippen molar-refractivity contribution >= 4 is 38.8 Å². The molecule has 3 aromatic rings. The summed E-state index contributed by atoms with van der Waals surface area (Å²) in [6, 6.07) is 7.04. The Bertz CT molecular complexity index is 1160. The van der Waals surface area contributed by atoms with Crippen LogP contribution in [0.25, 0.3) is 10.2 Å². The molecule has 168 valence electrons. The lowest BCUT2D eigenvalue weighted by atomic mass is 10.1. The summed E-state index contributed by atoms with van der Waals surface area (Å²) >= 11 is 1.24. The predicted molar refractivity (Wildman–Crippen MR) is 123 cm³/mol. The van der Waals surface area contributed by atoms with Crippen molar-refractivity contribution in [2.45, 2.75) is 38.3 Å². The molecule has 2 atom stereocenters. The number of thiophene rings is 1. The minimum atomic E-state index is -0.553. The average Bonchev–Trinajstić information content (AvgIpc) is 3.25. The number of nitrogen functional groups attached to an aromatic ring is 1. The molecule has 2 unspecified atom stereocenters. The Kier molecular flexibility index (Phi) is 5.46. The smallest absolute Gasteiger partial charge is 0.263 e. The summed E-state index contributed by atoms with van der Waals surface area (Å²) in [4.78, 5) is 19.9. The van der Waals surface area contributed by atoms with E-state index >= 15 is 0 Å². The molecule has 6 nitrogen and oxygen atoms in total. The van der Waals surface area contributed by atoms with Gasteiger partial charge in [-0.1, -0.05) is 0 Å². The van der Waals surface area contributed by atoms with Gasteiger partial charge in [-0.25, -0.2) is 13.8 Å². The van der Waals surface area contributed by atoms with Crippen LogP contribution in [0.5, 0.6) is 0 Å². The molecule has 4 heterocycles. The van der Waals surface area contributed by atoms with Crippen LogP contribution in [0.1, 0.15) is 33.8 Å². The first-order valence-corrected chi connectivity index (χ1v) is 11.6. The number of anilines is 2. The number of hydrogen-bond acceptors (Lipinski definition) is 6. The highest BCUT2D eigenvalue weighted by molar-refractivity contribution is 7.21. The van der Waals surface area contributed by atoms with E-state index in [4.69, 9.17) is 5.73 Å². The van der Waals surface area contributed by atoms with E-state index in [0.717, 1.165) is 23.9 Å². The number of amides is 1. The van der Waals surface area contributed by atoms with E-state index in [9.17, 15) is 13.6 Å². The van der Waals surface area contributed by atoms with Crippen molar-refractivity contribution in [3.05, 3.63) is 52.0 Å². The van der Waals surface area contributed by atoms with Gasteiger partial charge in [0.05, 0.1) is 5.69 Å². The maximum atomic E-state index is 14.8. The zero-order valence-electron chi connectivity index (χ0n) is 17.8. The van der Waals surface area contributed by atoms with Gasteiger partial charge in [-0.15, -0.1) is 11.3 Å². The molecule has 2 fully saturated rings. The van der Waals surface area contributed by atoms with Crippen molar-refractivity contribution in [3.63, 3.8) is 0 Å². The highest BCUT2D eigenvalue weighted by Gasteiger charge is 2.34. The normalized spacial score (nSPS) is 20.2. The molecule has 1 amide bonds. The van der Waals surface area contributed by atoms with Crippen LogP contribution < -0.4 is 21.3 Å². The number of pyridine rings is 1. The Morgan fingerprint density at radius 3 is 2.62 bits per heavy atom. The van der Waals surface area contributed by atoms with Gasteiger partial charge in [0.25, 0.3) is 5.91 Å². The lowest BCUT2D eigenvalue weighted by Crippen LogP contribution is -2.51. The molecule has 2 aliphatic heterocycles. The van der Waals surface area contributed by atoms with Gasteiger partial charge in [0.1, 0.15) is 27.0 Å². The summed E-state index contributed by atoms with van der Waals surface area (Å²) in [6.07, 6.45) is 2.40. The second-order valence-electron chi connectivity index (χ2n) is 8.61. The van der Waals surface area contributed by atoms with Gasteiger partial charge >= 0.3 is 0 Å². The number of aryl methyl sites for hydroxylation is 1. The Morgan fingerprint density at radius 1 is 1.25 bits per heavy atom. The molecule has 5 rings (SSSR count). The largest absolute Gasteiger partial charge is 0.397 e. The lowest BCUT2D eigenvalue weighted by molar-refractivity contribution is 0.0959. The Balaban J connectivity index is 1.24. The molecule has 2 saturated heterocycles. The second-order valence-corrected chi connectivity index (χ2v) is 9.61. The van der Waals surface area contributed by atoms with E-state index in [1.54, 1.807) is 0 Å². The first kappa shape index (κ1) is 21.1. The molecule has 9 heteroatoms. The van der Waals surface area contributed by atoms with Gasteiger partial charge in [-0.05, 0) is 56.0 Å². The summed E-state index contributed by atoms with van der Waals surface area (Å²) < 4.78 is 29.6. The minimum absolute atomic E-state index is 0.0528. The first-order chi connectivity index (χ1) is 15.4. The van der Waals surface area contributed by atoms with Gasteiger partial charge in [0.2, 0.25) is 0 Å². The topological polar surface area (TPSA) is 83.3 Å². The molecule has 0 spiro atoms. The fourth-order valence-electron chi connectivity index (χ4n) is 4.70. The van der Waals surface area contributed by atoms with E-state index in [0.29, 0.717) is 52.6 Å². The average molecular weight is 458 g/mol. The van der Waals surface area contributed by atoms with Crippen molar-refractivity contribution in [2.24, 2.45) is 0 Å². The molecule has 0 aliphatic carbocycles. The van der Waals surface area contributed by atoms with Gasteiger partial charge in [-0.2, -0.15) is 0 Å². The van der Waals surface area contributed by atoms with Crippen LogP contribution in [0, 0.1) is 18.6 Å². The lowest BCUT2D eigenvalue weighted by Gasteiger charge is -2.35. The van der Waals surface area contributed by atoms with Crippen molar-refractivity contribution in [3.8, 4) is 0 Å². The van der Waals surface area contributed by atoms with Crippen molar-refractivity contribution in [1.29, 1.82) is 0 Å². The molecule has 4 N–H and O–H groups in total.